The normalized spacial score (nSPS) is 25.2. The van der Waals surface area contributed by atoms with Crippen molar-refractivity contribution < 1.29 is 18.3 Å². The molecule has 0 amide bonds. The molecule has 0 spiro atoms. The zero-order valence-corrected chi connectivity index (χ0v) is 13.1. The molecule has 0 atom stereocenters. The minimum atomic E-state index is -0.855. The summed E-state index contributed by atoms with van der Waals surface area (Å²) in [5.74, 6) is -0.730. The van der Waals surface area contributed by atoms with Crippen molar-refractivity contribution in [3.05, 3.63) is 29.3 Å². The molecule has 1 aromatic carbocycles. The Bertz CT molecular complexity index is 506. The fourth-order valence-corrected chi connectivity index (χ4v) is 3.23. The summed E-state index contributed by atoms with van der Waals surface area (Å²) < 4.78 is 39.2. The van der Waals surface area contributed by atoms with Crippen LogP contribution in [0.15, 0.2) is 12.1 Å². The monoisotopic (exact) mass is 310 g/mol. The molecule has 0 heterocycles. The first-order valence-electron chi connectivity index (χ1n) is 8.41. The Balaban J connectivity index is 1.59. The van der Waals surface area contributed by atoms with Crippen molar-refractivity contribution in [1.82, 2.24) is 0 Å². The summed E-state index contributed by atoms with van der Waals surface area (Å²) in [5.41, 5.74) is 0.488. The van der Waals surface area contributed by atoms with Crippen LogP contribution in [0.1, 0.15) is 56.9 Å². The number of halogens is 2. The molecule has 22 heavy (non-hydrogen) atoms. The Morgan fingerprint density at radius 3 is 2.36 bits per heavy atom. The smallest absolute Gasteiger partial charge is 0.200 e. The van der Waals surface area contributed by atoms with Crippen LogP contribution in [-0.4, -0.2) is 19.3 Å². The molecule has 1 aromatic rings. The lowest BCUT2D eigenvalue weighted by Crippen LogP contribution is -2.22. The molecule has 3 rings (SSSR count). The number of ether oxygens (including phenoxy) is 2. The van der Waals surface area contributed by atoms with Gasteiger partial charge in [-0.1, -0.05) is 6.07 Å². The van der Waals surface area contributed by atoms with Crippen molar-refractivity contribution in [1.29, 1.82) is 0 Å². The molecular formula is C18H24F2O2. The number of rotatable bonds is 6. The van der Waals surface area contributed by atoms with E-state index in [-0.39, 0.29) is 11.7 Å². The van der Waals surface area contributed by atoms with Crippen LogP contribution in [0.4, 0.5) is 8.78 Å². The zero-order valence-electron chi connectivity index (χ0n) is 13.1. The third kappa shape index (κ3) is 3.60. The lowest BCUT2D eigenvalue weighted by atomic mass is 9.82. The second-order valence-corrected chi connectivity index (χ2v) is 6.46. The van der Waals surface area contributed by atoms with Crippen molar-refractivity contribution in [3.8, 4) is 5.75 Å². The highest BCUT2D eigenvalue weighted by Crippen LogP contribution is 2.38. The summed E-state index contributed by atoms with van der Waals surface area (Å²) in [4.78, 5) is 0. The van der Waals surface area contributed by atoms with Gasteiger partial charge in [0, 0.05) is 6.61 Å². The molecule has 2 aliphatic carbocycles. The van der Waals surface area contributed by atoms with Gasteiger partial charge in [-0.2, -0.15) is 4.39 Å². The maximum atomic E-state index is 14.2. The third-order valence-corrected chi connectivity index (χ3v) is 4.76. The molecule has 0 saturated heterocycles. The highest BCUT2D eigenvalue weighted by molar-refractivity contribution is 5.33. The lowest BCUT2D eigenvalue weighted by Gasteiger charge is -2.29. The minimum Gasteiger partial charge on any atom is -0.491 e. The van der Waals surface area contributed by atoms with Gasteiger partial charge in [-0.25, -0.2) is 4.39 Å². The number of hydrogen-bond acceptors (Lipinski definition) is 2. The van der Waals surface area contributed by atoms with Gasteiger partial charge in [0.05, 0.1) is 12.7 Å². The predicted molar refractivity (Wildman–Crippen MR) is 81.2 cm³/mol. The van der Waals surface area contributed by atoms with Gasteiger partial charge in [-0.3, -0.25) is 0 Å². The quantitative estimate of drug-likeness (QED) is 0.750. The van der Waals surface area contributed by atoms with Gasteiger partial charge in [0.15, 0.2) is 11.6 Å². The van der Waals surface area contributed by atoms with Gasteiger partial charge in [0.1, 0.15) is 0 Å². The van der Waals surface area contributed by atoms with E-state index >= 15 is 0 Å². The molecule has 4 heteroatoms. The first-order chi connectivity index (χ1) is 10.7. The predicted octanol–water partition coefficient (Wildman–Crippen LogP) is 4.82. The minimum absolute atomic E-state index is 0.00482. The Labute approximate surface area is 130 Å². The fourth-order valence-electron chi connectivity index (χ4n) is 3.23. The molecule has 2 fully saturated rings. The third-order valence-electron chi connectivity index (χ3n) is 4.76. The summed E-state index contributed by atoms with van der Waals surface area (Å²) in [5, 5.41) is 0. The molecule has 0 aromatic heterocycles. The van der Waals surface area contributed by atoms with E-state index in [1.165, 1.54) is 12.8 Å². The van der Waals surface area contributed by atoms with E-state index in [0.29, 0.717) is 18.3 Å². The molecule has 2 saturated carbocycles. The topological polar surface area (TPSA) is 18.5 Å². The van der Waals surface area contributed by atoms with Crippen LogP contribution in [0, 0.1) is 17.6 Å². The van der Waals surface area contributed by atoms with Crippen LogP contribution in [0.3, 0.4) is 0 Å². The summed E-state index contributed by atoms with van der Waals surface area (Å²) in [7, 11) is 0. The Morgan fingerprint density at radius 2 is 1.73 bits per heavy atom. The van der Waals surface area contributed by atoms with Crippen molar-refractivity contribution in [3.63, 3.8) is 0 Å². The van der Waals surface area contributed by atoms with Crippen molar-refractivity contribution in [2.45, 2.75) is 57.5 Å². The first kappa shape index (κ1) is 15.7. The highest BCUT2D eigenvalue weighted by Gasteiger charge is 2.28. The fraction of sp³-hybridized carbons (Fsp3) is 0.667. The van der Waals surface area contributed by atoms with E-state index in [9.17, 15) is 8.78 Å². The molecule has 0 N–H and O–H groups in total. The van der Waals surface area contributed by atoms with Crippen LogP contribution >= 0.6 is 0 Å². The van der Waals surface area contributed by atoms with Crippen LogP contribution in [-0.2, 0) is 4.74 Å². The molecular weight excluding hydrogens is 286 g/mol. The Hall–Kier alpha value is -1.16. The summed E-state index contributed by atoms with van der Waals surface area (Å²) in [6.07, 6.45) is 6.49. The SMILES string of the molecule is CCOc1ccc(C2CCC(OCC3CC3)CC2)c(F)c1F. The standard InChI is InChI=1S/C18H24F2O2/c1-2-21-16-10-9-15(17(19)18(16)20)13-5-7-14(8-6-13)22-11-12-3-4-12/h9-10,12-14H,2-8,11H2,1H3. The molecule has 122 valence electrons. The summed E-state index contributed by atoms with van der Waals surface area (Å²) in [6.45, 7) is 2.97. The second kappa shape index (κ2) is 6.95. The average molecular weight is 310 g/mol. The van der Waals surface area contributed by atoms with Gasteiger partial charge in [-0.05, 0) is 68.9 Å². The van der Waals surface area contributed by atoms with Gasteiger partial charge in [0.2, 0.25) is 5.82 Å². The Morgan fingerprint density at radius 1 is 1.00 bits per heavy atom. The first-order valence-corrected chi connectivity index (χ1v) is 8.41. The van der Waals surface area contributed by atoms with E-state index in [1.807, 2.05) is 0 Å². The number of benzene rings is 1. The van der Waals surface area contributed by atoms with Gasteiger partial charge >= 0.3 is 0 Å². The molecule has 0 radical (unpaired) electrons. The highest BCUT2D eigenvalue weighted by atomic mass is 19.2. The summed E-state index contributed by atoms with van der Waals surface area (Å²) in [6, 6.07) is 3.23. The van der Waals surface area contributed by atoms with E-state index in [4.69, 9.17) is 9.47 Å². The molecule has 2 nitrogen and oxygen atoms in total. The van der Waals surface area contributed by atoms with Crippen molar-refractivity contribution >= 4 is 0 Å². The zero-order chi connectivity index (χ0) is 15.5. The van der Waals surface area contributed by atoms with Crippen LogP contribution in [0.2, 0.25) is 0 Å². The van der Waals surface area contributed by atoms with Crippen molar-refractivity contribution in [2.24, 2.45) is 5.92 Å². The van der Waals surface area contributed by atoms with Gasteiger partial charge in [-0.15, -0.1) is 0 Å². The van der Waals surface area contributed by atoms with E-state index in [0.717, 1.165) is 38.2 Å². The number of hydrogen-bond donors (Lipinski definition) is 0. The lowest BCUT2D eigenvalue weighted by molar-refractivity contribution is 0.0184. The Kier molecular flexibility index (Phi) is 4.97. The second-order valence-electron chi connectivity index (χ2n) is 6.46. The van der Waals surface area contributed by atoms with E-state index in [1.54, 1.807) is 19.1 Å². The average Bonchev–Trinajstić information content (AvgIpc) is 3.35. The van der Waals surface area contributed by atoms with Crippen LogP contribution < -0.4 is 4.74 Å². The molecule has 0 aliphatic heterocycles. The van der Waals surface area contributed by atoms with Crippen molar-refractivity contribution in [2.75, 3.05) is 13.2 Å². The van der Waals surface area contributed by atoms with Gasteiger partial charge in [0.25, 0.3) is 0 Å². The van der Waals surface area contributed by atoms with Gasteiger partial charge < -0.3 is 9.47 Å². The maximum absolute atomic E-state index is 14.2. The van der Waals surface area contributed by atoms with Crippen LogP contribution in [0.5, 0.6) is 5.75 Å². The largest absolute Gasteiger partial charge is 0.491 e. The van der Waals surface area contributed by atoms with E-state index < -0.39 is 11.6 Å². The maximum Gasteiger partial charge on any atom is 0.200 e. The molecule has 0 bridgehead atoms. The summed E-state index contributed by atoms with van der Waals surface area (Å²) >= 11 is 0. The van der Waals surface area contributed by atoms with Crippen LogP contribution in [0.25, 0.3) is 0 Å². The molecule has 0 unspecified atom stereocenters. The molecule has 2 aliphatic rings. The van der Waals surface area contributed by atoms with E-state index in [2.05, 4.69) is 0 Å².